The van der Waals surface area contributed by atoms with Gasteiger partial charge in [0.05, 0.1) is 5.76 Å². The molecule has 1 aromatic rings. The molecule has 0 heterocycles. The van der Waals surface area contributed by atoms with Crippen LogP contribution in [-0.4, -0.2) is 5.11 Å². The summed E-state index contributed by atoms with van der Waals surface area (Å²) in [7, 11) is 0. The molecule has 0 bridgehead atoms. The van der Waals surface area contributed by atoms with Crippen LogP contribution in [0.25, 0.3) is 5.57 Å². The van der Waals surface area contributed by atoms with Gasteiger partial charge >= 0.3 is 0 Å². The molecule has 2 heteroatoms. The summed E-state index contributed by atoms with van der Waals surface area (Å²) in [6.45, 7) is 0. The van der Waals surface area contributed by atoms with Crippen molar-refractivity contribution in [3.8, 4) is 0 Å². The van der Waals surface area contributed by atoms with Crippen molar-refractivity contribution >= 4 is 17.2 Å². The van der Waals surface area contributed by atoms with Crippen LogP contribution in [0.15, 0.2) is 30.0 Å². The zero-order valence-electron chi connectivity index (χ0n) is 7.96. The number of halogens is 1. The Balaban J connectivity index is 2.34. The van der Waals surface area contributed by atoms with E-state index >= 15 is 0 Å². The number of allylic oxidation sites excluding steroid dienone is 2. The zero-order chi connectivity index (χ0) is 9.97. The van der Waals surface area contributed by atoms with E-state index in [1.807, 2.05) is 24.3 Å². The van der Waals surface area contributed by atoms with E-state index in [0.717, 1.165) is 35.4 Å². The first-order chi connectivity index (χ1) is 6.77. The molecule has 1 aromatic carbocycles. The van der Waals surface area contributed by atoms with E-state index in [-0.39, 0.29) is 0 Å². The monoisotopic (exact) mass is 208 g/mol. The second-order valence-corrected chi connectivity index (χ2v) is 4.08. The molecule has 0 saturated carbocycles. The van der Waals surface area contributed by atoms with Crippen molar-refractivity contribution in [2.24, 2.45) is 0 Å². The Morgan fingerprint density at radius 2 is 1.64 bits per heavy atom. The molecular formula is C12H13ClO. The lowest BCUT2D eigenvalue weighted by molar-refractivity contribution is 0.374. The van der Waals surface area contributed by atoms with Gasteiger partial charge in [0, 0.05) is 11.4 Å². The summed E-state index contributed by atoms with van der Waals surface area (Å²) >= 11 is 5.81. The van der Waals surface area contributed by atoms with Crippen molar-refractivity contribution in [1.82, 2.24) is 0 Å². The lowest BCUT2D eigenvalue weighted by Crippen LogP contribution is -1.98. The maximum atomic E-state index is 9.74. The van der Waals surface area contributed by atoms with E-state index in [1.165, 1.54) is 6.42 Å². The maximum Gasteiger partial charge on any atom is 0.0960 e. The smallest absolute Gasteiger partial charge is 0.0960 e. The average Bonchev–Trinajstić information content (AvgIpc) is 2.20. The van der Waals surface area contributed by atoms with Crippen LogP contribution in [0.4, 0.5) is 0 Å². The van der Waals surface area contributed by atoms with Crippen molar-refractivity contribution in [2.75, 3.05) is 0 Å². The fourth-order valence-corrected chi connectivity index (χ4v) is 1.98. The Labute approximate surface area is 89.0 Å². The third-order valence-electron chi connectivity index (χ3n) is 2.63. The Morgan fingerprint density at radius 1 is 1.00 bits per heavy atom. The van der Waals surface area contributed by atoms with Gasteiger partial charge in [-0.2, -0.15) is 0 Å². The molecule has 0 saturated heterocycles. The molecule has 0 aliphatic heterocycles. The van der Waals surface area contributed by atoms with E-state index in [0.29, 0.717) is 5.76 Å². The van der Waals surface area contributed by atoms with Gasteiger partial charge in [-0.25, -0.2) is 0 Å². The Morgan fingerprint density at radius 3 is 2.29 bits per heavy atom. The number of hydrogen-bond donors (Lipinski definition) is 1. The summed E-state index contributed by atoms with van der Waals surface area (Å²) in [5.41, 5.74) is 2.19. The summed E-state index contributed by atoms with van der Waals surface area (Å²) < 4.78 is 0. The first-order valence-corrected chi connectivity index (χ1v) is 5.32. The van der Waals surface area contributed by atoms with Crippen LogP contribution in [0.3, 0.4) is 0 Å². The largest absolute Gasteiger partial charge is 0.512 e. The first kappa shape index (κ1) is 9.60. The highest BCUT2D eigenvalue weighted by atomic mass is 35.5. The van der Waals surface area contributed by atoms with E-state index in [9.17, 15) is 5.11 Å². The SMILES string of the molecule is OC1=C(c2ccc(Cl)cc2)CCCC1. The molecule has 0 unspecified atom stereocenters. The first-order valence-electron chi connectivity index (χ1n) is 4.94. The van der Waals surface area contributed by atoms with Gasteiger partial charge in [-0.3, -0.25) is 0 Å². The highest BCUT2D eigenvalue weighted by molar-refractivity contribution is 6.30. The Bertz CT molecular complexity index is 351. The topological polar surface area (TPSA) is 20.2 Å². The highest BCUT2D eigenvalue weighted by Crippen LogP contribution is 2.31. The minimum atomic E-state index is 0.554. The lowest BCUT2D eigenvalue weighted by atomic mass is 9.92. The number of aliphatic hydroxyl groups is 1. The van der Waals surface area contributed by atoms with Crippen LogP contribution in [0.1, 0.15) is 31.2 Å². The number of benzene rings is 1. The second kappa shape index (κ2) is 4.05. The van der Waals surface area contributed by atoms with Gasteiger partial charge in [0.2, 0.25) is 0 Å². The molecule has 1 nitrogen and oxygen atoms in total. The summed E-state index contributed by atoms with van der Waals surface area (Å²) in [6, 6.07) is 7.68. The summed E-state index contributed by atoms with van der Waals surface area (Å²) in [5.74, 6) is 0.554. The third-order valence-corrected chi connectivity index (χ3v) is 2.88. The van der Waals surface area contributed by atoms with Gasteiger partial charge in [-0.05, 0) is 42.5 Å². The van der Waals surface area contributed by atoms with Gasteiger partial charge in [-0.1, -0.05) is 23.7 Å². The van der Waals surface area contributed by atoms with Crippen LogP contribution in [0.5, 0.6) is 0 Å². The molecule has 1 N–H and O–H groups in total. The molecule has 0 fully saturated rings. The summed E-state index contributed by atoms with van der Waals surface area (Å²) in [4.78, 5) is 0. The van der Waals surface area contributed by atoms with Crippen molar-refractivity contribution in [3.05, 3.63) is 40.6 Å². The average molecular weight is 209 g/mol. The van der Waals surface area contributed by atoms with E-state index in [2.05, 4.69) is 0 Å². The van der Waals surface area contributed by atoms with E-state index in [1.54, 1.807) is 0 Å². The molecule has 1 aliphatic carbocycles. The van der Waals surface area contributed by atoms with Crippen molar-refractivity contribution < 1.29 is 5.11 Å². The number of hydrogen-bond acceptors (Lipinski definition) is 1. The molecule has 0 atom stereocenters. The fraction of sp³-hybridized carbons (Fsp3) is 0.333. The predicted octanol–water partition coefficient (Wildman–Crippen LogP) is 4.18. The maximum absolute atomic E-state index is 9.74. The van der Waals surface area contributed by atoms with E-state index < -0.39 is 0 Å². The van der Waals surface area contributed by atoms with Gasteiger partial charge < -0.3 is 5.11 Å². The quantitative estimate of drug-likeness (QED) is 0.734. The number of rotatable bonds is 1. The van der Waals surface area contributed by atoms with Crippen molar-refractivity contribution in [1.29, 1.82) is 0 Å². The normalized spacial score (nSPS) is 17.2. The van der Waals surface area contributed by atoms with E-state index in [4.69, 9.17) is 11.6 Å². The molecular weight excluding hydrogens is 196 g/mol. The van der Waals surface area contributed by atoms with Gasteiger partial charge in [0.1, 0.15) is 0 Å². The Kier molecular flexibility index (Phi) is 2.78. The van der Waals surface area contributed by atoms with Crippen LogP contribution < -0.4 is 0 Å². The molecule has 0 radical (unpaired) electrons. The molecule has 14 heavy (non-hydrogen) atoms. The second-order valence-electron chi connectivity index (χ2n) is 3.64. The Hall–Kier alpha value is -0.950. The summed E-state index contributed by atoms with van der Waals surface area (Å²) in [6.07, 6.45) is 4.07. The van der Waals surface area contributed by atoms with Gasteiger partial charge in [-0.15, -0.1) is 0 Å². The molecule has 0 amide bonds. The van der Waals surface area contributed by atoms with Gasteiger partial charge in [0.25, 0.3) is 0 Å². The standard InChI is InChI=1S/C12H13ClO/c13-10-7-5-9(6-8-10)11-3-1-2-4-12(11)14/h5-8,14H,1-4H2. The van der Waals surface area contributed by atoms with Crippen molar-refractivity contribution in [3.63, 3.8) is 0 Å². The minimum Gasteiger partial charge on any atom is -0.512 e. The predicted molar refractivity (Wildman–Crippen MR) is 59.5 cm³/mol. The van der Waals surface area contributed by atoms with Crippen LogP contribution in [-0.2, 0) is 0 Å². The van der Waals surface area contributed by atoms with Gasteiger partial charge in [0.15, 0.2) is 0 Å². The third kappa shape index (κ3) is 1.93. The van der Waals surface area contributed by atoms with Crippen LogP contribution in [0, 0.1) is 0 Å². The molecule has 0 aromatic heterocycles. The van der Waals surface area contributed by atoms with Crippen LogP contribution in [0.2, 0.25) is 5.02 Å². The fourth-order valence-electron chi connectivity index (χ4n) is 1.85. The molecule has 1 aliphatic rings. The molecule has 74 valence electrons. The zero-order valence-corrected chi connectivity index (χ0v) is 8.72. The summed E-state index contributed by atoms with van der Waals surface area (Å²) in [5, 5.41) is 10.5. The van der Waals surface area contributed by atoms with Crippen LogP contribution >= 0.6 is 11.6 Å². The number of aliphatic hydroxyl groups excluding tert-OH is 1. The van der Waals surface area contributed by atoms with Crippen molar-refractivity contribution in [2.45, 2.75) is 25.7 Å². The molecule has 0 spiro atoms. The lowest BCUT2D eigenvalue weighted by Gasteiger charge is -2.16. The highest BCUT2D eigenvalue weighted by Gasteiger charge is 2.12. The minimum absolute atomic E-state index is 0.554. The molecule has 2 rings (SSSR count).